The van der Waals surface area contributed by atoms with Gasteiger partial charge in [0.2, 0.25) is 0 Å². The van der Waals surface area contributed by atoms with Gasteiger partial charge < -0.3 is 14.5 Å². The molecule has 0 atom stereocenters. The molecule has 1 saturated carbocycles. The van der Waals surface area contributed by atoms with E-state index in [1.165, 1.54) is 23.1 Å². The number of amides is 4. The van der Waals surface area contributed by atoms with Gasteiger partial charge in [-0.25, -0.2) is 4.79 Å². The van der Waals surface area contributed by atoms with E-state index in [9.17, 15) is 24.3 Å². The molecule has 30 heavy (non-hydrogen) atoms. The maximum absolute atomic E-state index is 13.0. The third kappa shape index (κ3) is 3.63. The number of carbonyl (C=O) groups is 4. The summed E-state index contributed by atoms with van der Waals surface area (Å²) >= 11 is 0. The van der Waals surface area contributed by atoms with E-state index in [2.05, 4.69) is 5.32 Å². The summed E-state index contributed by atoms with van der Waals surface area (Å²) in [6.45, 7) is 0. The number of benzene rings is 1. The molecule has 8 nitrogen and oxygen atoms in total. The van der Waals surface area contributed by atoms with Crippen molar-refractivity contribution < 1.29 is 24.3 Å². The van der Waals surface area contributed by atoms with Crippen molar-refractivity contribution in [3.05, 3.63) is 59.4 Å². The minimum Gasteiger partial charge on any atom is -0.545 e. The first-order valence-electron chi connectivity index (χ1n) is 9.85. The number of carboxylic acids is 1. The summed E-state index contributed by atoms with van der Waals surface area (Å²) in [6.07, 6.45) is 7.62. The summed E-state index contributed by atoms with van der Waals surface area (Å²) in [4.78, 5) is 49.9. The van der Waals surface area contributed by atoms with Crippen LogP contribution in [0.15, 0.2) is 48.2 Å². The van der Waals surface area contributed by atoms with Gasteiger partial charge in [-0.1, -0.05) is 31.4 Å². The van der Waals surface area contributed by atoms with Crippen molar-refractivity contribution in [2.24, 2.45) is 0 Å². The Morgan fingerprint density at radius 2 is 1.73 bits per heavy atom. The van der Waals surface area contributed by atoms with E-state index >= 15 is 0 Å². The number of aromatic carboxylic acids is 1. The summed E-state index contributed by atoms with van der Waals surface area (Å²) in [5.41, 5.74) is 1.15. The van der Waals surface area contributed by atoms with Crippen molar-refractivity contribution in [1.29, 1.82) is 0 Å². The molecule has 0 unspecified atom stereocenters. The van der Waals surface area contributed by atoms with Gasteiger partial charge in [0.1, 0.15) is 5.57 Å². The minimum atomic E-state index is -1.27. The predicted molar refractivity (Wildman–Crippen MR) is 105 cm³/mol. The molecular formula is C22H20N3O5-. The Hall–Kier alpha value is -3.68. The number of nitrogens with zero attached hydrogens (tertiary/aromatic N) is 2. The van der Waals surface area contributed by atoms with Crippen molar-refractivity contribution >= 4 is 29.9 Å². The molecule has 1 aliphatic heterocycles. The Morgan fingerprint density at radius 1 is 1.03 bits per heavy atom. The van der Waals surface area contributed by atoms with Gasteiger partial charge in [-0.3, -0.25) is 19.8 Å². The number of nitrogens with one attached hydrogen (secondary N) is 1. The van der Waals surface area contributed by atoms with Crippen LogP contribution in [0.4, 0.5) is 4.79 Å². The second-order valence-electron chi connectivity index (χ2n) is 7.42. The van der Waals surface area contributed by atoms with Crippen molar-refractivity contribution in [2.45, 2.75) is 38.1 Å². The molecule has 154 valence electrons. The van der Waals surface area contributed by atoms with Crippen LogP contribution in [0, 0.1) is 0 Å². The molecule has 8 heteroatoms. The SMILES string of the molecule is O=C1NC(=O)N(C2CCCCC2)C(=O)/C1=C/c1cccn1-c1ccc(C(=O)[O-])cc1. The molecule has 1 aliphatic carbocycles. The van der Waals surface area contributed by atoms with Crippen LogP contribution in [0.5, 0.6) is 0 Å². The number of carboxylic acid groups (broad SMARTS) is 1. The topological polar surface area (TPSA) is 112 Å². The quantitative estimate of drug-likeness (QED) is 0.613. The average Bonchev–Trinajstić information content (AvgIpc) is 3.20. The number of barbiturate groups is 1. The summed E-state index contributed by atoms with van der Waals surface area (Å²) in [5, 5.41) is 13.2. The van der Waals surface area contributed by atoms with E-state index in [0.29, 0.717) is 11.4 Å². The van der Waals surface area contributed by atoms with E-state index < -0.39 is 23.8 Å². The van der Waals surface area contributed by atoms with E-state index in [1.807, 2.05) is 0 Å². The smallest absolute Gasteiger partial charge is 0.331 e. The van der Waals surface area contributed by atoms with E-state index in [4.69, 9.17) is 0 Å². The number of imide groups is 2. The van der Waals surface area contributed by atoms with Gasteiger partial charge in [0, 0.05) is 23.6 Å². The Bertz CT molecular complexity index is 1040. The highest BCUT2D eigenvalue weighted by atomic mass is 16.4. The summed E-state index contributed by atoms with van der Waals surface area (Å²) in [7, 11) is 0. The van der Waals surface area contributed by atoms with E-state index in [1.54, 1.807) is 35.0 Å². The summed E-state index contributed by atoms with van der Waals surface area (Å²) in [6, 6.07) is 8.65. The van der Waals surface area contributed by atoms with Gasteiger partial charge >= 0.3 is 6.03 Å². The monoisotopic (exact) mass is 406 g/mol. The fraction of sp³-hybridized carbons (Fsp3) is 0.273. The van der Waals surface area contributed by atoms with Gasteiger partial charge in [0.25, 0.3) is 11.8 Å². The van der Waals surface area contributed by atoms with Crippen molar-refractivity contribution in [2.75, 3.05) is 0 Å². The number of aromatic nitrogens is 1. The molecule has 1 aromatic heterocycles. The van der Waals surface area contributed by atoms with Crippen LogP contribution in [0.25, 0.3) is 11.8 Å². The second-order valence-corrected chi connectivity index (χ2v) is 7.42. The van der Waals surface area contributed by atoms with E-state index in [0.717, 1.165) is 32.1 Å². The van der Waals surface area contributed by atoms with Gasteiger partial charge in [-0.2, -0.15) is 0 Å². The Balaban J connectivity index is 1.66. The molecule has 2 aromatic rings. The molecular weight excluding hydrogens is 386 g/mol. The van der Waals surface area contributed by atoms with Crippen LogP contribution >= 0.6 is 0 Å². The van der Waals surface area contributed by atoms with Gasteiger partial charge in [0.15, 0.2) is 0 Å². The number of urea groups is 1. The number of rotatable bonds is 4. The van der Waals surface area contributed by atoms with Crippen LogP contribution in [0.3, 0.4) is 0 Å². The Kier molecular flexibility index (Phi) is 5.22. The molecule has 0 bridgehead atoms. The lowest BCUT2D eigenvalue weighted by atomic mass is 9.93. The van der Waals surface area contributed by atoms with Gasteiger partial charge in [0.05, 0.1) is 5.97 Å². The van der Waals surface area contributed by atoms with E-state index in [-0.39, 0.29) is 17.2 Å². The maximum atomic E-state index is 13.0. The molecule has 4 amide bonds. The van der Waals surface area contributed by atoms with Gasteiger partial charge in [-0.15, -0.1) is 0 Å². The maximum Gasteiger partial charge on any atom is 0.331 e. The highest BCUT2D eigenvalue weighted by Crippen LogP contribution is 2.26. The molecule has 1 N–H and O–H groups in total. The lowest BCUT2D eigenvalue weighted by Crippen LogP contribution is -2.58. The van der Waals surface area contributed by atoms with Crippen LogP contribution in [-0.2, 0) is 9.59 Å². The standard InChI is InChI=1S/C22H21N3O5/c26-19-18(20(27)25(22(30)23-19)16-5-2-1-3-6-16)13-17-7-4-12-24(17)15-10-8-14(9-11-15)21(28)29/h4,7-13,16H,1-3,5-6H2,(H,28,29)(H,23,26,30)/p-1/b18-13+. The third-order valence-electron chi connectivity index (χ3n) is 5.53. The first-order chi connectivity index (χ1) is 14.5. The zero-order valence-electron chi connectivity index (χ0n) is 16.2. The van der Waals surface area contributed by atoms with Crippen molar-refractivity contribution in [1.82, 2.24) is 14.8 Å². The lowest BCUT2D eigenvalue weighted by Gasteiger charge is -2.35. The minimum absolute atomic E-state index is 0.0503. The van der Waals surface area contributed by atoms with Crippen LogP contribution in [-0.4, -0.2) is 39.3 Å². The molecule has 2 aliphatic rings. The first-order valence-corrected chi connectivity index (χ1v) is 9.85. The van der Waals surface area contributed by atoms with Crippen molar-refractivity contribution in [3.8, 4) is 5.69 Å². The predicted octanol–water partition coefficient (Wildman–Crippen LogP) is 1.64. The summed E-state index contributed by atoms with van der Waals surface area (Å²) < 4.78 is 1.72. The zero-order valence-corrected chi connectivity index (χ0v) is 16.2. The Morgan fingerprint density at radius 3 is 2.40 bits per heavy atom. The fourth-order valence-electron chi connectivity index (χ4n) is 3.99. The average molecular weight is 406 g/mol. The summed E-state index contributed by atoms with van der Waals surface area (Å²) in [5.74, 6) is -2.58. The van der Waals surface area contributed by atoms with Gasteiger partial charge in [-0.05, 0) is 48.7 Å². The normalized spacial score (nSPS) is 19.3. The largest absolute Gasteiger partial charge is 0.545 e. The lowest BCUT2D eigenvalue weighted by molar-refractivity contribution is -0.255. The number of carbonyl (C=O) groups excluding carboxylic acids is 4. The highest BCUT2D eigenvalue weighted by Gasteiger charge is 2.40. The molecule has 1 saturated heterocycles. The van der Waals surface area contributed by atoms with Crippen LogP contribution < -0.4 is 10.4 Å². The molecule has 0 spiro atoms. The third-order valence-corrected chi connectivity index (χ3v) is 5.53. The number of hydrogen-bond acceptors (Lipinski definition) is 5. The first kappa shape index (κ1) is 19.6. The molecule has 2 heterocycles. The van der Waals surface area contributed by atoms with Crippen molar-refractivity contribution in [3.63, 3.8) is 0 Å². The fourth-order valence-corrected chi connectivity index (χ4v) is 3.99. The highest BCUT2D eigenvalue weighted by molar-refractivity contribution is 6.31. The second kappa shape index (κ2) is 7.98. The zero-order chi connectivity index (χ0) is 21.3. The molecule has 4 rings (SSSR count). The van der Waals surface area contributed by atoms with Crippen LogP contribution in [0.2, 0.25) is 0 Å². The molecule has 0 radical (unpaired) electrons. The molecule has 1 aromatic carbocycles. The Labute approximate surface area is 172 Å². The molecule has 2 fully saturated rings. The number of hydrogen-bond donors (Lipinski definition) is 1. The van der Waals surface area contributed by atoms with Crippen LogP contribution in [0.1, 0.15) is 48.2 Å².